The van der Waals surface area contributed by atoms with E-state index in [9.17, 15) is 9.59 Å². The van der Waals surface area contributed by atoms with Gasteiger partial charge in [0, 0.05) is 25.4 Å². The number of carbonyl (C=O) groups is 2. The molecular weight excluding hydrogens is 326 g/mol. The quantitative estimate of drug-likeness (QED) is 0.762. The summed E-state index contributed by atoms with van der Waals surface area (Å²) in [5.41, 5.74) is 1.71. The van der Waals surface area contributed by atoms with Crippen LogP contribution in [-0.2, 0) is 25.5 Å². The molecule has 25 heavy (non-hydrogen) atoms. The highest BCUT2D eigenvalue weighted by atomic mass is 16.5. The van der Waals surface area contributed by atoms with E-state index >= 15 is 0 Å². The van der Waals surface area contributed by atoms with Gasteiger partial charge in [-0.2, -0.15) is 0 Å². The van der Waals surface area contributed by atoms with Gasteiger partial charge >= 0.3 is 5.97 Å². The van der Waals surface area contributed by atoms with Gasteiger partial charge in [-0.25, -0.2) is 9.78 Å². The molecule has 1 saturated heterocycles. The van der Waals surface area contributed by atoms with Gasteiger partial charge in [0.25, 0.3) is 0 Å². The van der Waals surface area contributed by atoms with E-state index < -0.39 is 18.7 Å². The molecule has 3 rings (SSSR count). The van der Waals surface area contributed by atoms with E-state index in [1.807, 2.05) is 35.0 Å². The van der Waals surface area contributed by atoms with Gasteiger partial charge in [0.1, 0.15) is 18.4 Å². The summed E-state index contributed by atoms with van der Waals surface area (Å²) >= 11 is 0. The number of carboxylic acids is 1. The number of carboxylic acid groups (broad SMARTS) is 1. The molecule has 0 spiro atoms. The number of hydrogen-bond acceptors (Lipinski definition) is 5. The molecule has 0 saturated carbocycles. The number of pyridine rings is 1. The molecule has 1 amide bonds. The Morgan fingerprint density at radius 1 is 1.44 bits per heavy atom. The Hall–Kier alpha value is -2.45. The molecule has 0 unspecified atom stereocenters. The third kappa shape index (κ3) is 4.77. The third-order valence-electron chi connectivity index (χ3n) is 4.09. The fourth-order valence-corrected chi connectivity index (χ4v) is 2.85. The van der Waals surface area contributed by atoms with Crippen molar-refractivity contribution in [2.45, 2.75) is 31.4 Å². The maximum absolute atomic E-state index is 12.2. The first-order valence-electron chi connectivity index (χ1n) is 8.25. The van der Waals surface area contributed by atoms with Crippen LogP contribution in [0.1, 0.15) is 18.5 Å². The minimum Gasteiger partial charge on any atom is -0.480 e. The van der Waals surface area contributed by atoms with Gasteiger partial charge in [-0.1, -0.05) is 6.07 Å². The molecule has 0 aromatic carbocycles. The van der Waals surface area contributed by atoms with Crippen LogP contribution in [0, 0.1) is 0 Å². The summed E-state index contributed by atoms with van der Waals surface area (Å²) in [5.74, 6) is -1.14. The molecule has 2 atom stereocenters. The smallest absolute Gasteiger partial charge is 0.329 e. The van der Waals surface area contributed by atoms with Crippen LogP contribution in [0.25, 0.3) is 5.65 Å². The number of nitrogens with zero attached hydrogens (tertiary/aromatic N) is 2. The number of fused-ring (bicyclic) bond motifs is 1. The predicted molar refractivity (Wildman–Crippen MR) is 88.3 cm³/mol. The van der Waals surface area contributed by atoms with Crippen LogP contribution < -0.4 is 5.32 Å². The number of ether oxygens (including phenoxy) is 2. The van der Waals surface area contributed by atoms with Crippen molar-refractivity contribution in [1.82, 2.24) is 14.7 Å². The van der Waals surface area contributed by atoms with Crippen molar-refractivity contribution >= 4 is 17.5 Å². The summed E-state index contributed by atoms with van der Waals surface area (Å²) in [5, 5.41) is 11.6. The Bertz CT molecular complexity index is 712. The number of imidazole rings is 1. The van der Waals surface area contributed by atoms with E-state index in [0.29, 0.717) is 25.9 Å². The molecule has 2 aromatic heterocycles. The molecule has 0 bridgehead atoms. The number of aryl methyl sites for hydroxylation is 1. The largest absolute Gasteiger partial charge is 0.480 e. The van der Waals surface area contributed by atoms with Crippen LogP contribution in [0.15, 0.2) is 30.6 Å². The number of amides is 1. The summed E-state index contributed by atoms with van der Waals surface area (Å²) in [6.45, 7) is 0.399. The summed E-state index contributed by atoms with van der Waals surface area (Å²) in [6.07, 6.45) is 4.84. The molecule has 0 aliphatic carbocycles. The topological polar surface area (TPSA) is 102 Å². The van der Waals surface area contributed by atoms with Crippen LogP contribution >= 0.6 is 0 Å². The first kappa shape index (κ1) is 17.4. The van der Waals surface area contributed by atoms with Crippen LogP contribution in [0.3, 0.4) is 0 Å². The molecule has 1 fully saturated rings. The van der Waals surface area contributed by atoms with E-state index in [2.05, 4.69) is 10.3 Å². The predicted octanol–water partition coefficient (Wildman–Crippen LogP) is 0.642. The Morgan fingerprint density at radius 3 is 3.12 bits per heavy atom. The number of carbonyl (C=O) groups excluding carboxylic acids is 1. The number of aromatic nitrogens is 2. The third-order valence-corrected chi connectivity index (χ3v) is 4.09. The second kappa shape index (κ2) is 8.09. The lowest BCUT2D eigenvalue weighted by atomic mass is 10.1. The second-order valence-electron chi connectivity index (χ2n) is 5.98. The minimum atomic E-state index is -1.04. The zero-order valence-electron chi connectivity index (χ0n) is 13.8. The van der Waals surface area contributed by atoms with Gasteiger partial charge in [0.15, 0.2) is 0 Å². The van der Waals surface area contributed by atoms with Gasteiger partial charge in [0.05, 0.1) is 18.3 Å². The van der Waals surface area contributed by atoms with Crippen LogP contribution in [0.5, 0.6) is 0 Å². The minimum absolute atomic E-state index is 0.104. The fourth-order valence-electron chi connectivity index (χ4n) is 2.85. The Labute approximate surface area is 144 Å². The van der Waals surface area contributed by atoms with Crippen molar-refractivity contribution in [2.24, 2.45) is 0 Å². The Morgan fingerprint density at radius 2 is 2.32 bits per heavy atom. The highest BCUT2D eigenvalue weighted by molar-refractivity contribution is 5.76. The molecule has 1 aliphatic heterocycles. The highest BCUT2D eigenvalue weighted by Crippen LogP contribution is 2.12. The van der Waals surface area contributed by atoms with E-state index in [1.165, 1.54) is 0 Å². The lowest BCUT2D eigenvalue weighted by Gasteiger charge is -2.31. The van der Waals surface area contributed by atoms with Crippen LogP contribution in [0.2, 0.25) is 0 Å². The normalized spacial score (nSPS) is 20.5. The maximum Gasteiger partial charge on any atom is 0.329 e. The lowest BCUT2D eigenvalue weighted by molar-refractivity contribution is -0.149. The zero-order chi connectivity index (χ0) is 17.6. The molecule has 2 aromatic rings. The molecule has 3 heterocycles. The number of rotatable bonds is 7. The van der Waals surface area contributed by atoms with E-state index in [-0.39, 0.29) is 18.6 Å². The van der Waals surface area contributed by atoms with E-state index in [4.69, 9.17) is 14.6 Å². The number of aliphatic carboxylic acids is 1. The van der Waals surface area contributed by atoms with E-state index in [0.717, 1.165) is 11.3 Å². The van der Waals surface area contributed by atoms with Crippen molar-refractivity contribution in [1.29, 1.82) is 0 Å². The standard InChI is InChI=1S/C17H21N3O5/c21-16(5-4-12-9-20-7-2-1-3-15(20)18-12)19-13-6-8-24-10-14(13)25-11-17(22)23/h1-3,7,9,13-14H,4-6,8,10-11H2,(H,19,21)(H,22,23)/t13-,14-/m1/s1. The zero-order valence-corrected chi connectivity index (χ0v) is 13.8. The van der Waals surface area contributed by atoms with Crippen LogP contribution in [0.4, 0.5) is 0 Å². The van der Waals surface area contributed by atoms with Crippen LogP contribution in [-0.4, -0.2) is 58.3 Å². The lowest BCUT2D eigenvalue weighted by Crippen LogP contribution is -2.50. The van der Waals surface area contributed by atoms with Crippen molar-refractivity contribution in [3.8, 4) is 0 Å². The average molecular weight is 347 g/mol. The van der Waals surface area contributed by atoms with Gasteiger partial charge in [-0.05, 0) is 25.0 Å². The molecule has 2 N–H and O–H groups in total. The van der Waals surface area contributed by atoms with Gasteiger partial charge in [0.2, 0.25) is 5.91 Å². The maximum atomic E-state index is 12.2. The van der Waals surface area contributed by atoms with Gasteiger partial charge in [-0.3, -0.25) is 4.79 Å². The monoisotopic (exact) mass is 347 g/mol. The molecular formula is C17H21N3O5. The summed E-state index contributed by atoms with van der Waals surface area (Å²) in [4.78, 5) is 27.3. The van der Waals surface area contributed by atoms with Gasteiger partial charge < -0.3 is 24.3 Å². The molecule has 0 radical (unpaired) electrons. The number of hydrogen-bond donors (Lipinski definition) is 2. The highest BCUT2D eigenvalue weighted by Gasteiger charge is 2.28. The fraction of sp³-hybridized carbons (Fsp3) is 0.471. The molecule has 1 aliphatic rings. The Kier molecular flexibility index (Phi) is 5.62. The summed E-state index contributed by atoms with van der Waals surface area (Å²) < 4.78 is 12.5. The van der Waals surface area contributed by atoms with Gasteiger partial charge in [-0.15, -0.1) is 0 Å². The van der Waals surface area contributed by atoms with Crippen molar-refractivity contribution in [2.75, 3.05) is 19.8 Å². The molecule has 134 valence electrons. The van der Waals surface area contributed by atoms with Crippen molar-refractivity contribution < 1.29 is 24.2 Å². The first-order chi connectivity index (χ1) is 12.1. The second-order valence-corrected chi connectivity index (χ2v) is 5.98. The summed E-state index contributed by atoms with van der Waals surface area (Å²) in [6, 6.07) is 5.52. The molecule has 8 heteroatoms. The van der Waals surface area contributed by atoms with Crippen molar-refractivity contribution in [3.63, 3.8) is 0 Å². The van der Waals surface area contributed by atoms with Crippen molar-refractivity contribution in [3.05, 3.63) is 36.3 Å². The summed E-state index contributed by atoms with van der Waals surface area (Å²) in [7, 11) is 0. The first-order valence-corrected chi connectivity index (χ1v) is 8.25. The average Bonchev–Trinajstić information content (AvgIpc) is 3.02. The molecule has 8 nitrogen and oxygen atoms in total. The Balaban J connectivity index is 1.51. The number of nitrogens with one attached hydrogen (secondary N) is 1. The van der Waals surface area contributed by atoms with E-state index in [1.54, 1.807) is 0 Å². The SMILES string of the molecule is O=C(O)CO[C@@H]1COCC[C@H]1NC(=O)CCc1cn2ccccc2n1.